The minimum absolute atomic E-state index is 0.0522. The third-order valence-electron chi connectivity index (χ3n) is 8.33. The first kappa shape index (κ1) is 25.4. The molecule has 39 heavy (non-hydrogen) atoms. The number of alkyl halides is 2. The molecule has 0 saturated carbocycles. The number of rotatable bonds is 4. The van der Waals surface area contributed by atoms with Gasteiger partial charge in [-0.15, -0.1) is 0 Å². The van der Waals surface area contributed by atoms with Gasteiger partial charge in [0.1, 0.15) is 12.1 Å². The number of carbonyl (C=O) groups excluding carboxylic acids is 3. The zero-order valence-corrected chi connectivity index (χ0v) is 20.7. The number of nitrogens with two attached hydrogens (primary N) is 2. The van der Waals surface area contributed by atoms with Crippen molar-refractivity contribution in [1.82, 2.24) is 20.4 Å². The van der Waals surface area contributed by atoms with E-state index in [0.717, 1.165) is 4.90 Å². The maximum Gasteiger partial charge on any atom is 0.274 e. The summed E-state index contributed by atoms with van der Waals surface area (Å²) in [7, 11) is 0. The Morgan fingerprint density at radius 3 is 2.59 bits per heavy atom. The molecule has 1 aromatic rings. The first-order valence-corrected chi connectivity index (χ1v) is 12.7. The number of fused-ring (bicyclic) bond motifs is 1. The number of likely N-dealkylation sites (tertiary alicyclic amines) is 1. The van der Waals surface area contributed by atoms with Gasteiger partial charge in [0.2, 0.25) is 17.6 Å². The van der Waals surface area contributed by atoms with Crippen LogP contribution in [0.1, 0.15) is 47.2 Å². The van der Waals surface area contributed by atoms with Gasteiger partial charge in [0, 0.05) is 36.9 Å². The lowest BCUT2D eigenvalue weighted by Crippen LogP contribution is -2.78. The van der Waals surface area contributed by atoms with E-state index in [1.54, 1.807) is 6.07 Å². The lowest BCUT2D eigenvalue weighted by atomic mass is 9.84. The fourth-order valence-corrected chi connectivity index (χ4v) is 6.54. The van der Waals surface area contributed by atoms with Gasteiger partial charge < -0.3 is 37.2 Å². The first-order valence-electron chi connectivity index (χ1n) is 12.7. The molecular weight excluding hydrogens is 518 g/mol. The second-order valence-corrected chi connectivity index (χ2v) is 10.6. The number of amides is 3. The second kappa shape index (κ2) is 8.32. The average Bonchev–Trinajstić information content (AvgIpc) is 3.46. The maximum absolute atomic E-state index is 14.8. The molecule has 4 heterocycles. The van der Waals surface area contributed by atoms with Crippen molar-refractivity contribution in [2.45, 2.75) is 67.6 Å². The van der Waals surface area contributed by atoms with E-state index in [-0.39, 0.29) is 55.4 Å². The molecule has 5 aliphatic rings. The molecule has 2 fully saturated rings. The summed E-state index contributed by atoms with van der Waals surface area (Å²) in [5.41, 5.74) is 10.0. The van der Waals surface area contributed by atoms with Crippen molar-refractivity contribution < 1.29 is 33.4 Å². The lowest BCUT2D eigenvalue weighted by molar-refractivity contribution is -0.230. The van der Waals surface area contributed by atoms with Gasteiger partial charge in [-0.3, -0.25) is 19.3 Å². The Bertz CT molecular complexity index is 1330. The summed E-state index contributed by atoms with van der Waals surface area (Å²) in [5.74, 6) is -8.05. The van der Waals surface area contributed by atoms with Crippen molar-refractivity contribution in [3.63, 3.8) is 0 Å². The van der Waals surface area contributed by atoms with Gasteiger partial charge in [0.15, 0.2) is 17.6 Å². The molecular formula is C24H28F2N8O5. The zero-order chi connectivity index (χ0) is 27.9. The quantitative estimate of drug-likeness (QED) is 0.183. The van der Waals surface area contributed by atoms with E-state index in [9.17, 15) is 33.4 Å². The molecule has 1 aliphatic carbocycles. The molecule has 0 radical (unpaired) electrons. The van der Waals surface area contributed by atoms with Gasteiger partial charge in [0.05, 0.1) is 12.6 Å². The molecule has 0 bridgehead atoms. The summed E-state index contributed by atoms with van der Waals surface area (Å²) < 4.78 is 29.7. The predicted molar refractivity (Wildman–Crippen MR) is 131 cm³/mol. The Morgan fingerprint density at radius 2 is 1.87 bits per heavy atom. The van der Waals surface area contributed by atoms with E-state index in [4.69, 9.17) is 11.5 Å². The minimum Gasteiger partial charge on any atom is -0.370 e. The van der Waals surface area contributed by atoms with Crippen LogP contribution >= 0.6 is 0 Å². The molecule has 4 atom stereocenters. The molecule has 2 saturated heterocycles. The Kier molecular flexibility index (Phi) is 5.43. The minimum atomic E-state index is -3.21. The number of imide groups is 1. The Labute approximate surface area is 220 Å². The largest absolute Gasteiger partial charge is 0.370 e. The smallest absolute Gasteiger partial charge is 0.274 e. The highest BCUT2D eigenvalue weighted by molar-refractivity contribution is 6.02. The number of nitrogens with zero attached hydrogens (tertiary/aromatic N) is 4. The van der Waals surface area contributed by atoms with Gasteiger partial charge in [-0.25, -0.2) is 18.8 Å². The summed E-state index contributed by atoms with van der Waals surface area (Å²) in [6, 6.07) is 0.785. The molecule has 15 heteroatoms. The summed E-state index contributed by atoms with van der Waals surface area (Å²) in [6.45, 7) is -0.491. The third-order valence-corrected chi connectivity index (χ3v) is 8.33. The van der Waals surface area contributed by atoms with E-state index in [1.165, 1.54) is 17.0 Å². The molecule has 4 aliphatic heterocycles. The van der Waals surface area contributed by atoms with Gasteiger partial charge in [-0.2, -0.15) is 0 Å². The Morgan fingerprint density at radius 1 is 1.15 bits per heavy atom. The summed E-state index contributed by atoms with van der Waals surface area (Å²) in [5, 5.41) is 28.4. The van der Waals surface area contributed by atoms with Gasteiger partial charge in [0.25, 0.3) is 11.8 Å². The van der Waals surface area contributed by atoms with Crippen LogP contribution in [-0.2, 0) is 21.9 Å². The standard InChI is InChI=1S/C24H28F2N8O5/c25-22(26)8-2-4-11-3-1-5-12(17(11)22)19(37)30-14-10-34-21(28)29-13(9-33-15(35)6-7-16(33)36)18-23(34,24(14,38)39)32-20(27)31-18/h1,3,5,13-14,18,38-39H,2,4,6-10H2,(H2,28,29)(H,30,37)(H3,27,31,32)/t13-,14-,18-,23-/m0/s1. The fraction of sp³-hybridized carbons (Fsp3) is 0.542. The van der Waals surface area contributed by atoms with E-state index in [2.05, 4.69) is 20.6 Å². The first-order chi connectivity index (χ1) is 18.4. The van der Waals surface area contributed by atoms with Gasteiger partial charge in [-0.05, 0) is 24.5 Å². The van der Waals surface area contributed by atoms with Crippen molar-refractivity contribution in [3.05, 3.63) is 34.9 Å². The van der Waals surface area contributed by atoms with Crippen molar-refractivity contribution in [1.29, 1.82) is 0 Å². The zero-order valence-electron chi connectivity index (χ0n) is 20.7. The highest BCUT2D eigenvalue weighted by atomic mass is 19.3. The highest BCUT2D eigenvalue weighted by Gasteiger charge is 2.73. The fourth-order valence-electron chi connectivity index (χ4n) is 6.54. The van der Waals surface area contributed by atoms with E-state index >= 15 is 0 Å². The number of hydrogen-bond donors (Lipinski definition) is 6. The number of aliphatic hydroxyl groups is 2. The molecule has 0 unspecified atom stereocenters. The Hall–Kier alpha value is -3.85. The number of benzene rings is 1. The molecule has 13 nitrogen and oxygen atoms in total. The van der Waals surface area contributed by atoms with Crippen LogP contribution in [0, 0.1) is 0 Å². The van der Waals surface area contributed by atoms with Crippen LogP contribution in [0.5, 0.6) is 0 Å². The molecule has 208 valence electrons. The number of aliphatic imine (C=N–C) groups is 2. The normalized spacial score (nSPS) is 32.2. The van der Waals surface area contributed by atoms with E-state index < -0.39 is 59.6 Å². The number of halogens is 2. The number of guanidine groups is 2. The van der Waals surface area contributed by atoms with Crippen LogP contribution in [0.4, 0.5) is 8.78 Å². The SMILES string of the molecule is NC1=N[C@H]2[C@H](CN3C(=O)CCC3=O)N=C(N)N3C[C@H](NC(=O)c4cccc5c4C(F)(F)CCC5)C(O)(O)[C@]23N1. The number of carbonyl (C=O) groups is 3. The van der Waals surface area contributed by atoms with Crippen molar-refractivity contribution in [2.75, 3.05) is 13.1 Å². The summed E-state index contributed by atoms with van der Waals surface area (Å²) in [4.78, 5) is 48.8. The van der Waals surface area contributed by atoms with Crippen LogP contribution in [0.15, 0.2) is 28.2 Å². The van der Waals surface area contributed by atoms with Crippen LogP contribution in [0.25, 0.3) is 0 Å². The predicted octanol–water partition coefficient (Wildman–Crippen LogP) is -1.96. The molecule has 0 aromatic heterocycles. The molecule has 1 spiro atoms. The van der Waals surface area contributed by atoms with Crippen molar-refractivity contribution in [3.8, 4) is 0 Å². The van der Waals surface area contributed by atoms with Crippen LogP contribution in [0.2, 0.25) is 0 Å². The van der Waals surface area contributed by atoms with Crippen LogP contribution < -0.4 is 22.1 Å². The topological polar surface area (TPSA) is 199 Å². The molecule has 1 aromatic carbocycles. The molecule has 8 N–H and O–H groups in total. The monoisotopic (exact) mass is 546 g/mol. The second-order valence-electron chi connectivity index (χ2n) is 10.6. The lowest BCUT2D eigenvalue weighted by Gasteiger charge is -2.49. The Balaban J connectivity index is 1.33. The average molecular weight is 547 g/mol. The summed E-state index contributed by atoms with van der Waals surface area (Å²) >= 11 is 0. The third kappa shape index (κ3) is 3.52. The number of nitrogens with one attached hydrogen (secondary N) is 2. The van der Waals surface area contributed by atoms with Crippen molar-refractivity contribution in [2.24, 2.45) is 21.5 Å². The van der Waals surface area contributed by atoms with Crippen molar-refractivity contribution >= 4 is 29.6 Å². The highest BCUT2D eigenvalue weighted by Crippen LogP contribution is 2.46. The van der Waals surface area contributed by atoms with E-state index in [0.29, 0.717) is 12.0 Å². The maximum atomic E-state index is 14.8. The molecule has 6 rings (SSSR count). The van der Waals surface area contributed by atoms with E-state index in [1.807, 2.05) is 0 Å². The number of aryl methyl sites for hydroxylation is 1. The summed E-state index contributed by atoms with van der Waals surface area (Å²) in [6.07, 6.45) is 0.389. The van der Waals surface area contributed by atoms with Crippen LogP contribution in [0.3, 0.4) is 0 Å². The van der Waals surface area contributed by atoms with Crippen LogP contribution in [-0.4, -0.2) is 92.3 Å². The molecule has 3 amide bonds. The van der Waals surface area contributed by atoms with Gasteiger partial charge >= 0.3 is 0 Å². The van der Waals surface area contributed by atoms with Gasteiger partial charge in [-0.1, -0.05) is 12.1 Å². The number of hydrogen-bond acceptors (Lipinski definition) is 11.